The number of hydrogen-bond acceptors (Lipinski definition) is 6. The summed E-state index contributed by atoms with van der Waals surface area (Å²) in [5.74, 6) is 0.0495. The highest BCUT2D eigenvalue weighted by Crippen LogP contribution is 2.22. The van der Waals surface area contributed by atoms with E-state index in [1.807, 2.05) is 55.5 Å². The molecule has 7 heteroatoms. The van der Waals surface area contributed by atoms with Gasteiger partial charge >= 0.3 is 5.97 Å². The predicted octanol–water partition coefficient (Wildman–Crippen LogP) is 3.67. The van der Waals surface area contributed by atoms with Crippen molar-refractivity contribution in [2.75, 3.05) is 19.8 Å². The van der Waals surface area contributed by atoms with Gasteiger partial charge in [0.15, 0.2) is 6.61 Å². The summed E-state index contributed by atoms with van der Waals surface area (Å²) in [6.07, 6.45) is 1.63. The Labute approximate surface area is 173 Å². The molecule has 0 aliphatic carbocycles. The molecule has 3 aromatic rings. The first-order valence-electron chi connectivity index (χ1n) is 9.56. The van der Waals surface area contributed by atoms with E-state index >= 15 is 0 Å². The molecule has 0 spiro atoms. The minimum Gasteiger partial charge on any atom is -0.492 e. The lowest BCUT2D eigenvalue weighted by molar-refractivity contribution is -0.148. The minimum absolute atomic E-state index is 0.264. The molecule has 0 saturated heterocycles. The summed E-state index contributed by atoms with van der Waals surface area (Å²) in [6, 6.07) is 15.7. The Morgan fingerprint density at radius 3 is 2.83 bits per heavy atom. The fraction of sp³-hybridized carbons (Fsp3) is 0.318. The molecule has 3 rings (SSSR count). The second kappa shape index (κ2) is 10.6. The van der Waals surface area contributed by atoms with Gasteiger partial charge < -0.3 is 14.8 Å². The van der Waals surface area contributed by atoms with Crippen LogP contribution in [0.3, 0.4) is 0 Å². The summed E-state index contributed by atoms with van der Waals surface area (Å²) in [5.41, 5.74) is 2.10. The van der Waals surface area contributed by atoms with Gasteiger partial charge in [0.1, 0.15) is 12.4 Å². The summed E-state index contributed by atoms with van der Waals surface area (Å²) in [7, 11) is 0. The number of amides is 1. The Kier molecular flexibility index (Phi) is 7.58. The van der Waals surface area contributed by atoms with Crippen LogP contribution in [0, 0.1) is 6.92 Å². The number of benzene rings is 2. The highest BCUT2D eigenvalue weighted by atomic mass is 32.1. The van der Waals surface area contributed by atoms with Crippen molar-refractivity contribution in [3.05, 3.63) is 59.1 Å². The summed E-state index contributed by atoms with van der Waals surface area (Å²) in [5, 5.41) is 3.68. The van der Waals surface area contributed by atoms with Crippen LogP contribution in [0.25, 0.3) is 10.2 Å². The molecule has 152 valence electrons. The van der Waals surface area contributed by atoms with Gasteiger partial charge in [-0.3, -0.25) is 9.59 Å². The molecular weight excluding hydrogens is 388 g/mol. The zero-order chi connectivity index (χ0) is 20.5. The number of nitrogens with one attached hydrogen (secondary N) is 1. The van der Waals surface area contributed by atoms with Crippen LogP contribution in [0.15, 0.2) is 48.5 Å². The van der Waals surface area contributed by atoms with Crippen LogP contribution >= 0.6 is 11.3 Å². The molecular formula is C22H24N2O4S. The maximum atomic E-state index is 11.8. The molecule has 0 fully saturated rings. The van der Waals surface area contributed by atoms with Crippen LogP contribution in [0.5, 0.6) is 5.75 Å². The molecule has 0 bridgehead atoms. The Morgan fingerprint density at radius 1 is 1.14 bits per heavy atom. The van der Waals surface area contributed by atoms with E-state index in [0.717, 1.165) is 33.0 Å². The molecule has 0 atom stereocenters. The van der Waals surface area contributed by atoms with E-state index in [9.17, 15) is 9.59 Å². The first-order valence-corrected chi connectivity index (χ1v) is 10.4. The van der Waals surface area contributed by atoms with Crippen LogP contribution in [-0.2, 0) is 20.7 Å². The van der Waals surface area contributed by atoms with E-state index in [1.165, 1.54) is 0 Å². The Hall–Kier alpha value is -2.93. The predicted molar refractivity (Wildman–Crippen MR) is 113 cm³/mol. The molecule has 0 aliphatic heterocycles. The lowest BCUT2D eigenvalue weighted by Gasteiger charge is -2.08. The van der Waals surface area contributed by atoms with Crippen LogP contribution in [0.2, 0.25) is 0 Å². The van der Waals surface area contributed by atoms with Gasteiger partial charge in [0.05, 0.1) is 21.8 Å². The fourth-order valence-electron chi connectivity index (χ4n) is 2.74. The van der Waals surface area contributed by atoms with Crippen molar-refractivity contribution in [3.8, 4) is 5.75 Å². The molecule has 6 nitrogen and oxygen atoms in total. The van der Waals surface area contributed by atoms with Crippen LogP contribution < -0.4 is 10.1 Å². The van der Waals surface area contributed by atoms with E-state index in [0.29, 0.717) is 19.6 Å². The number of nitrogens with zero attached hydrogens (tertiary/aromatic N) is 1. The third-order valence-electron chi connectivity index (χ3n) is 4.16. The summed E-state index contributed by atoms with van der Waals surface area (Å²) >= 11 is 1.64. The molecule has 0 radical (unpaired) electrons. The number of fused-ring (bicyclic) bond motifs is 1. The van der Waals surface area contributed by atoms with Crippen molar-refractivity contribution < 1.29 is 19.1 Å². The Morgan fingerprint density at radius 2 is 2.00 bits per heavy atom. The first-order chi connectivity index (χ1) is 14.1. The number of esters is 1. The second-order valence-electron chi connectivity index (χ2n) is 6.60. The minimum atomic E-state index is -0.378. The number of para-hydroxylation sites is 1. The zero-order valence-corrected chi connectivity index (χ0v) is 17.2. The average Bonchev–Trinajstić information content (AvgIpc) is 3.12. The van der Waals surface area contributed by atoms with Crippen molar-refractivity contribution in [3.63, 3.8) is 0 Å². The zero-order valence-electron chi connectivity index (χ0n) is 16.3. The number of rotatable bonds is 10. The number of aryl methyl sites for hydroxylation is 2. The van der Waals surface area contributed by atoms with Crippen LogP contribution in [-0.4, -0.2) is 36.6 Å². The Balaban J connectivity index is 1.26. The number of carbonyl (C=O) groups is 2. The SMILES string of the molecule is Cc1cccc(OCCNC(=O)COC(=O)CCCc2nc3ccccc3s2)c1. The fourth-order valence-corrected chi connectivity index (χ4v) is 3.75. The maximum Gasteiger partial charge on any atom is 0.306 e. The van der Waals surface area contributed by atoms with Gasteiger partial charge in [-0.05, 0) is 49.6 Å². The summed E-state index contributed by atoms with van der Waals surface area (Å²) in [6.45, 7) is 2.42. The molecule has 1 heterocycles. The molecule has 0 saturated carbocycles. The highest BCUT2D eigenvalue weighted by molar-refractivity contribution is 7.18. The van der Waals surface area contributed by atoms with Gasteiger partial charge in [-0.2, -0.15) is 0 Å². The van der Waals surface area contributed by atoms with Crippen molar-refractivity contribution in [1.29, 1.82) is 0 Å². The van der Waals surface area contributed by atoms with Crippen molar-refractivity contribution in [2.24, 2.45) is 0 Å². The molecule has 0 unspecified atom stereocenters. The van der Waals surface area contributed by atoms with Crippen molar-refractivity contribution >= 4 is 33.4 Å². The van der Waals surface area contributed by atoms with Gasteiger partial charge in [0.2, 0.25) is 0 Å². The van der Waals surface area contributed by atoms with Gasteiger partial charge in [0, 0.05) is 6.42 Å². The first kappa shape index (κ1) is 20.8. The number of ether oxygens (including phenoxy) is 2. The summed E-state index contributed by atoms with van der Waals surface area (Å²) in [4.78, 5) is 28.1. The third kappa shape index (κ3) is 6.87. The van der Waals surface area contributed by atoms with E-state index in [1.54, 1.807) is 11.3 Å². The molecule has 1 N–H and O–H groups in total. The average molecular weight is 413 g/mol. The lowest BCUT2D eigenvalue weighted by atomic mass is 10.2. The monoisotopic (exact) mass is 412 g/mol. The smallest absolute Gasteiger partial charge is 0.306 e. The number of aromatic nitrogens is 1. The largest absolute Gasteiger partial charge is 0.492 e. The molecule has 29 heavy (non-hydrogen) atoms. The number of thiazole rings is 1. The van der Waals surface area contributed by atoms with E-state index in [4.69, 9.17) is 9.47 Å². The molecule has 0 aliphatic rings. The van der Waals surface area contributed by atoms with Gasteiger partial charge in [0.25, 0.3) is 5.91 Å². The number of carbonyl (C=O) groups excluding carboxylic acids is 2. The van der Waals surface area contributed by atoms with E-state index in [2.05, 4.69) is 10.3 Å². The van der Waals surface area contributed by atoms with Gasteiger partial charge in [-0.1, -0.05) is 24.3 Å². The molecule has 1 aromatic heterocycles. The molecule has 2 aromatic carbocycles. The standard InChI is InChI=1S/C22H24N2O4S/c1-16-6-4-7-17(14-16)27-13-12-23-20(25)15-28-22(26)11-5-10-21-24-18-8-2-3-9-19(18)29-21/h2-4,6-9,14H,5,10-13,15H2,1H3,(H,23,25). The third-order valence-corrected chi connectivity index (χ3v) is 5.25. The quantitative estimate of drug-likeness (QED) is 0.406. The van der Waals surface area contributed by atoms with Crippen LogP contribution in [0.4, 0.5) is 0 Å². The van der Waals surface area contributed by atoms with Crippen LogP contribution in [0.1, 0.15) is 23.4 Å². The van der Waals surface area contributed by atoms with Gasteiger partial charge in [-0.15, -0.1) is 11.3 Å². The highest BCUT2D eigenvalue weighted by Gasteiger charge is 2.09. The normalized spacial score (nSPS) is 10.7. The lowest BCUT2D eigenvalue weighted by Crippen LogP contribution is -2.32. The Bertz CT molecular complexity index is 937. The maximum absolute atomic E-state index is 11.8. The van der Waals surface area contributed by atoms with E-state index < -0.39 is 0 Å². The van der Waals surface area contributed by atoms with Crippen molar-refractivity contribution in [2.45, 2.75) is 26.2 Å². The van der Waals surface area contributed by atoms with Gasteiger partial charge in [-0.25, -0.2) is 4.98 Å². The topological polar surface area (TPSA) is 77.5 Å². The van der Waals surface area contributed by atoms with Crippen molar-refractivity contribution in [1.82, 2.24) is 10.3 Å². The second-order valence-corrected chi connectivity index (χ2v) is 7.72. The van der Waals surface area contributed by atoms with E-state index in [-0.39, 0.29) is 24.9 Å². The number of hydrogen-bond donors (Lipinski definition) is 1. The molecule has 1 amide bonds. The summed E-state index contributed by atoms with van der Waals surface area (Å²) < 4.78 is 11.7.